The Hall–Kier alpha value is -2.95. The molecular weight excluding hydrogens is 300 g/mol. The van der Waals surface area contributed by atoms with E-state index in [2.05, 4.69) is 42.4 Å². The lowest BCUT2D eigenvalue weighted by Crippen LogP contribution is -2.02. The number of benzene rings is 2. The maximum absolute atomic E-state index is 6.03. The van der Waals surface area contributed by atoms with Crippen molar-refractivity contribution in [1.82, 2.24) is 20.0 Å². The smallest absolute Gasteiger partial charge is 0.226 e. The van der Waals surface area contributed by atoms with Crippen molar-refractivity contribution < 1.29 is 4.42 Å². The van der Waals surface area contributed by atoms with Crippen LogP contribution in [0.15, 0.2) is 46.9 Å². The zero-order chi connectivity index (χ0) is 16.3. The van der Waals surface area contributed by atoms with E-state index < -0.39 is 0 Å². The molecule has 0 atom stereocenters. The first-order valence-electron chi connectivity index (χ1n) is 8.14. The number of nitrogens with zero attached hydrogens (tertiary/aromatic N) is 4. The molecule has 2 heterocycles. The van der Waals surface area contributed by atoms with Crippen molar-refractivity contribution in [3.05, 3.63) is 53.8 Å². The van der Waals surface area contributed by atoms with Crippen LogP contribution in [-0.4, -0.2) is 20.0 Å². The largest absolute Gasteiger partial charge is 0.440 e. The predicted octanol–water partition coefficient (Wildman–Crippen LogP) is 4.24. The molecule has 1 aliphatic rings. The molecule has 0 N–H and O–H groups in total. The molecule has 0 spiro atoms. The highest BCUT2D eigenvalue weighted by Gasteiger charge is 2.25. The minimum absolute atomic E-state index is 0.280. The molecule has 5 heteroatoms. The number of hydrogen-bond acceptors (Lipinski definition) is 4. The molecule has 4 aromatic rings. The van der Waals surface area contributed by atoms with E-state index in [1.165, 1.54) is 11.1 Å². The first kappa shape index (κ1) is 13.5. The monoisotopic (exact) mass is 316 g/mol. The van der Waals surface area contributed by atoms with Gasteiger partial charge < -0.3 is 4.42 Å². The lowest BCUT2D eigenvalue weighted by atomic mass is 10.1. The molecule has 1 aliphatic carbocycles. The normalized spacial score (nSPS) is 12.8. The molecule has 5 rings (SSSR count). The van der Waals surface area contributed by atoms with Gasteiger partial charge in [0.2, 0.25) is 5.89 Å². The van der Waals surface area contributed by atoms with E-state index >= 15 is 0 Å². The summed E-state index contributed by atoms with van der Waals surface area (Å²) in [5.74, 6) is 1.59. The van der Waals surface area contributed by atoms with Gasteiger partial charge in [0, 0.05) is 23.6 Å². The fourth-order valence-corrected chi connectivity index (χ4v) is 3.34. The van der Waals surface area contributed by atoms with Crippen LogP contribution < -0.4 is 0 Å². The Morgan fingerprint density at radius 3 is 2.88 bits per heavy atom. The SMILES string of the molecule is CC(C)n1nnc2cc(-c3nc4c(o3)Cc3ccccc3-4)ccc21. The van der Waals surface area contributed by atoms with Crippen LogP contribution in [0.25, 0.3) is 33.7 Å². The molecule has 0 fully saturated rings. The third-order valence-corrected chi connectivity index (χ3v) is 4.53. The second-order valence-corrected chi connectivity index (χ2v) is 6.46. The minimum atomic E-state index is 0.280. The van der Waals surface area contributed by atoms with E-state index in [0.29, 0.717) is 5.89 Å². The van der Waals surface area contributed by atoms with Crippen LogP contribution >= 0.6 is 0 Å². The molecule has 0 radical (unpaired) electrons. The molecule has 0 aliphatic heterocycles. The lowest BCUT2D eigenvalue weighted by Gasteiger charge is -2.05. The Labute approximate surface area is 138 Å². The number of fused-ring (bicyclic) bond motifs is 4. The molecule has 0 saturated carbocycles. The molecule has 2 aromatic carbocycles. The van der Waals surface area contributed by atoms with Crippen molar-refractivity contribution in [3.8, 4) is 22.7 Å². The third kappa shape index (κ3) is 1.84. The number of aromatic nitrogens is 4. The van der Waals surface area contributed by atoms with Crippen molar-refractivity contribution in [2.75, 3.05) is 0 Å². The van der Waals surface area contributed by atoms with Gasteiger partial charge in [-0.05, 0) is 37.6 Å². The van der Waals surface area contributed by atoms with Crippen LogP contribution in [-0.2, 0) is 6.42 Å². The molecule has 5 nitrogen and oxygen atoms in total. The quantitative estimate of drug-likeness (QED) is 0.489. The van der Waals surface area contributed by atoms with Gasteiger partial charge in [-0.15, -0.1) is 5.10 Å². The average molecular weight is 316 g/mol. The molecular formula is C19H16N4O. The fourth-order valence-electron chi connectivity index (χ4n) is 3.34. The molecule has 0 bridgehead atoms. The number of rotatable bonds is 2. The van der Waals surface area contributed by atoms with Crippen LogP contribution in [0.5, 0.6) is 0 Å². The molecule has 24 heavy (non-hydrogen) atoms. The Balaban J connectivity index is 1.60. The van der Waals surface area contributed by atoms with Gasteiger partial charge in [-0.3, -0.25) is 0 Å². The van der Waals surface area contributed by atoms with Gasteiger partial charge in [-0.1, -0.05) is 29.5 Å². The lowest BCUT2D eigenvalue weighted by molar-refractivity contribution is 0.530. The maximum Gasteiger partial charge on any atom is 0.226 e. The van der Waals surface area contributed by atoms with E-state index in [0.717, 1.165) is 34.5 Å². The first-order chi connectivity index (χ1) is 11.7. The first-order valence-corrected chi connectivity index (χ1v) is 8.14. The summed E-state index contributed by atoms with van der Waals surface area (Å²) >= 11 is 0. The Kier molecular flexibility index (Phi) is 2.68. The Bertz CT molecular complexity index is 1070. The summed E-state index contributed by atoms with van der Waals surface area (Å²) in [4.78, 5) is 4.73. The minimum Gasteiger partial charge on any atom is -0.440 e. The highest BCUT2D eigenvalue weighted by molar-refractivity contribution is 5.81. The molecule has 118 valence electrons. The third-order valence-electron chi connectivity index (χ3n) is 4.53. The Morgan fingerprint density at radius 1 is 1.12 bits per heavy atom. The van der Waals surface area contributed by atoms with Crippen molar-refractivity contribution in [3.63, 3.8) is 0 Å². The number of oxazole rings is 1. The Morgan fingerprint density at radius 2 is 2.00 bits per heavy atom. The standard InChI is InChI=1S/C19H16N4O/c1-11(2)23-16-8-7-13(9-15(16)21-22-23)19-20-18-14-6-4-3-5-12(14)10-17(18)24-19/h3-9,11H,10H2,1-2H3. The second kappa shape index (κ2) is 4.77. The summed E-state index contributed by atoms with van der Waals surface area (Å²) in [6.45, 7) is 4.19. The van der Waals surface area contributed by atoms with Crippen molar-refractivity contribution in [1.29, 1.82) is 0 Å². The van der Waals surface area contributed by atoms with Gasteiger partial charge in [-0.25, -0.2) is 9.67 Å². The van der Waals surface area contributed by atoms with Crippen molar-refractivity contribution in [2.45, 2.75) is 26.3 Å². The van der Waals surface area contributed by atoms with Crippen molar-refractivity contribution >= 4 is 11.0 Å². The fraction of sp³-hybridized carbons (Fsp3) is 0.211. The highest BCUT2D eigenvalue weighted by Crippen LogP contribution is 2.38. The topological polar surface area (TPSA) is 56.7 Å². The van der Waals surface area contributed by atoms with E-state index in [9.17, 15) is 0 Å². The van der Waals surface area contributed by atoms with Gasteiger partial charge in [0.25, 0.3) is 0 Å². The summed E-state index contributed by atoms with van der Waals surface area (Å²) in [5.41, 5.74) is 6.24. The van der Waals surface area contributed by atoms with Gasteiger partial charge in [-0.2, -0.15) is 0 Å². The molecule has 0 amide bonds. The van der Waals surface area contributed by atoms with Gasteiger partial charge in [0.15, 0.2) is 0 Å². The molecule has 2 aromatic heterocycles. The summed E-state index contributed by atoms with van der Waals surface area (Å²) in [7, 11) is 0. The van der Waals surface area contributed by atoms with Crippen LogP contribution in [0.3, 0.4) is 0 Å². The predicted molar refractivity (Wildman–Crippen MR) is 91.7 cm³/mol. The van der Waals surface area contributed by atoms with Crippen molar-refractivity contribution in [2.24, 2.45) is 0 Å². The average Bonchev–Trinajstić information content (AvgIpc) is 3.26. The molecule has 0 unspecified atom stereocenters. The van der Waals surface area contributed by atoms with Crippen LogP contribution in [0, 0.1) is 0 Å². The number of hydrogen-bond donors (Lipinski definition) is 0. The summed E-state index contributed by atoms with van der Waals surface area (Å²) in [5, 5.41) is 8.49. The summed E-state index contributed by atoms with van der Waals surface area (Å²) in [6.07, 6.45) is 0.810. The second-order valence-electron chi connectivity index (χ2n) is 6.46. The van der Waals surface area contributed by atoms with Crippen LogP contribution in [0.4, 0.5) is 0 Å². The van der Waals surface area contributed by atoms with Crippen LogP contribution in [0.1, 0.15) is 31.2 Å². The maximum atomic E-state index is 6.03. The molecule has 0 saturated heterocycles. The highest BCUT2D eigenvalue weighted by atomic mass is 16.4. The van der Waals surface area contributed by atoms with E-state index in [1.54, 1.807) is 0 Å². The zero-order valence-corrected chi connectivity index (χ0v) is 13.5. The van der Waals surface area contributed by atoms with E-state index in [1.807, 2.05) is 28.9 Å². The van der Waals surface area contributed by atoms with Crippen LogP contribution in [0.2, 0.25) is 0 Å². The summed E-state index contributed by atoms with van der Waals surface area (Å²) in [6, 6.07) is 14.7. The van der Waals surface area contributed by atoms with E-state index in [4.69, 9.17) is 9.40 Å². The van der Waals surface area contributed by atoms with Gasteiger partial charge in [0.1, 0.15) is 17.0 Å². The summed E-state index contributed by atoms with van der Waals surface area (Å²) < 4.78 is 7.95. The zero-order valence-electron chi connectivity index (χ0n) is 13.5. The van der Waals surface area contributed by atoms with Gasteiger partial charge in [0.05, 0.1) is 5.52 Å². The van der Waals surface area contributed by atoms with E-state index in [-0.39, 0.29) is 6.04 Å². The van der Waals surface area contributed by atoms with Gasteiger partial charge >= 0.3 is 0 Å².